The second-order valence-electron chi connectivity index (χ2n) is 3.22. The molecule has 0 bridgehead atoms. The molecule has 1 aromatic rings. The van der Waals surface area contributed by atoms with Gasteiger partial charge in [0.2, 0.25) is 5.78 Å². The standard InChI is InChI=1S/C10H9F3O2S/c1-7-2-4-8(5-3-7)16(15)6-9(14)10(11,12)13/h2-5H,6H2,1H3/t16-/m1/s1. The van der Waals surface area contributed by atoms with Crippen LogP contribution in [0.25, 0.3) is 0 Å². The lowest BCUT2D eigenvalue weighted by atomic mass is 10.2. The molecule has 0 aromatic heterocycles. The van der Waals surface area contributed by atoms with Gasteiger partial charge in [0.25, 0.3) is 0 Å². The number of alkyl halides is 3. The molecule has 2 nitrogen and oxygen atoms in total. The topological polar surface area (TPSA) is 34.1 Å². The lowest BCUT2D eigenvalue weighted by molar-refractivity contribution is -0.168. The summed E-state index contributed by atoms with van der Waals surface area (Å²) in [6.45, 7) is 1.80. The van der Waals surface area contributed by atoms with Gasteiger partial charge in [0.05, 0.1) is 16.6 Å². The van der Waals surface area contributed by atoms with Crippen molar-refractivity contribution in [3.63, 3.8) is 0 Å². The smallest absolute Gasteiger partial charge is 0.289 e. The summed E-state index contributed by atoms with van der Waals surface area (Å²) >= 11 is 0. The van der Waals surface area contributed by atoms with E-state index in [0.717, 1.165) is 5.56 Å². The molecule has 0 fully saturated rings. The molecule has 0 N–H and O–H groups in total. The van der Waals surface area contributed by atoms with E-state index >= 15 is 0 Å². The Labute approximate surface area is 92.9 Å². The highest BCUT2D eigenvalue weighted by atomic mass is 32.2. The van der Waals surface area contributed by atoms with Gasteiger partial charge in [0.1, 0.15) is 0 Å². The number of hydrogen-bond donors (Lipinski definition) is 0. The van der Waals surface area contributed by atoms with E-state index in [4.69, 9.17) is 0 Å². The van der Waals surface area contributed by atoms with Gasteiger partial charge in [0, 0.05) is 4.90 Å². The third-order valence-corrected chi connectivity index (χ3v) is 3.18. The fourth-order valence-electron chi connectivity index (χ4n) is 0.974. The molecular formula is C10H9F3O2S. The van der Waals surface area contributed by atoms with Crippen molar-refractivity contribution in [3.05, 3.63) is 29.8 Å². The van der Waals surface area contributed by atoms with Crippen molar-refractivity contribution in [3.8, 4) is 0 Å². The first-order valence-electron chi connectivity index (χ1n) is 4.36. The van der Waals surface area contributed by atoms with Crippen LogP contribution in [-0.4, -0.2) is 21.9 Å². The van der Waals surface area contributed by atoms with Crippen LogP contribution in [0.15, 0.2) is 29.2 Å². The lowest BCUT2D eigenvalue weighted by Crippen LogP contribution is -2.27. The number of halogens is 3. The molecule has 0 spiro atoms. The number of benzene rings is 1. The molecule has 88 valence electrons. The molecule has 0 saturated carbocycles. The predicted molar refractivity (Wildman–Crippen MR) is 53.5 cm³/mol. The molecule has 16 heavy (non-hydrogen) atoms. The van der Waals surface area contributed by atoms with Crippen LogP contribution in [0.1, 0.15) is 5.56 Å². The van der Waals surface area contributed by atoms with Gasteiger partial charge in [-0.15, -0.1) is 0 Å². The summed E-state index contributed by atoms with van der Waals surface area (Å²) in [7, 11) is -1.94. The van der Waals surface area contributed by atoms with Gasteiger partial charge in [0.15, 0.2) is 0 Å². The molecule has 6 heteroatoms. The van der Waals surface area contributed by atoms with Gasteiger partial charge >= 0.3 is 6.18 Å². The molecule has 1 rings (SSSR count). The Kier molecular flexibility index (Phi) is 3.85. The summed E-state index contributed by atoms with van der Waals surface area (Å²) in [6.07, 6.45) is -4.92. The maximum Gasteiger partial charge on any atom is 0.450 e. The van der Waals surface area contributed by atoms with E-state index in [9.17, 15) is 22.2 Å². The van der Waals surface area contributed by atoms with Crippen molar-refractivity contribution < 1.29 is 22.2 Å². The molecule has 1 aromatic carbocycles. The number of hydrogen-bond acceptors (Lipinski definition) is 2. The van der Waals surface area contributed by atoms with Gasteiger partial charge in [-0.3, -0.25) is 9.00 Å². The zero-order valence-electron chi connectivity index (χ0n) is 8.38. The number of carbonyl (C=O) groups is 1. The first kappa shape index (κ1) is 12.9. The number of aryl methyl sites for hydroxylation is 1. The Morgan fingerprint density at radius 1 is 1.25 bits per heavy atom. The highest BCUT2D eigenvalue weighted by Crippen LogP contribution is 2.18. The average Bonchev–Trinajstić information content (AvgIpc) is 2.17. The van der Waals surface area contributed by atoms with Crippen LogP contribution in [-0.2, 0) is 15.6 Å². The van der Waals surface area contributed by atoms with E-state index in [1.54, 1.807) is 19.1 Å². The van der Waals surface area contributed by atoms with Crippen molar-refractivity contribution in [2.75, 3.05) is 5.75 Å². The predicted octanol–water partition coefficient (Wildman–Crippen LogP) is 2.23. The number of rotatable bonds is 3. The average molecular weight is 250 g/mol. The van der Waals surface area contributed by atoms with Gasteiger partial charge in [-0.25, -0.2) is 0 Å². The van der Waals surface area contributed by atoms with Gasteiger partial charge in [-0.05, 0) is 19.1 Å². The summed E-state index contributed by atoms with van der Waals surface area (Å²) < 4.78 is 47.1. The monoisotopic (exact) mass is 250 g/mol. The van der Waals surface area contributed by atoms with Crippen LogP contribution in [0.3, 0.4) is 0 Å². The van der Waals surface area contributed by atoms with Crippen molar-refractivity contribution >= 4 is 16.6 Å². The van der Waals surface area contributed by atoms with Crippen LogP contribution < -0.4 is 0 Å². The molecule has 0 heterocycles. The third kappa shape index (κ3) is 3.44. The second-order valence-corrected chi connectivity index (χ2v) is 4.67. The van der Waals surface area contributed by atoms with E-state index in [-0.39, 0.29) is 4.90 Å². The molecule has 0 aliphatic carbocycles. The van der Waals surface area contributed by atoms with Crippen LogP contribution in [0, 0.1) is 6.92 Å². The molecule has 0 saturated heterocycles. The Hall–Kier alpha value is -1.17. The number of carbonyl (C=O) groups excluding carboxylic acids is 1. The van der Waals surface area contributed by atoms with Crippen LogP contribution in [0.2, 0.25) is 0 Å². The van der Waals surface area contributed by atoms with Crippen molar-refractivity contribution in [2.45, 2.75) is 18.0 Å². The van der Waals surface area contributed by atoms with E-state index < -0.39 is 28.5 Å². The van der Waals surface area contributed by atoms with Gasteiger partial charge in [-0.1, -0.05) is 17.7 Å². The Morgan fingerprint density at radius 2 is 1.75 bits per heavy atom. The SMILES string of the molecule is Cc1ccc([S@](=O)CC(=O)C(F)(F)F)cc1. The molecule has 0 aliphatic heterocycles. The highest BCUT2D eigenvalue weighted by Gasteiger charge is 2.39. The molecule has 1 atom stereocenters. The van der Waals surface area contributed by atoms with Gasteiger partial charge in [-0.2, -0.15) is 13.2 Å². The quantitative estimate of drug-likeness (QED) is 0.824. The molecular weight excluding hydrogens is 241 g/mol. The largest absolute Gasteiger partial charge is 0.450 e. The zero-order valence-corrected chi connectivity index (χ0v) is 9.19. The third-order valence-electron chi connectivity index (χ3n) is 1.86. The Balaban J connectivity index is 2.74. The van der Waals surface area contributed by atoms with Crippen molar-refractivity contribution in [1.82, 2.24) is 0 Å². The molecule has 0 unspecified atom stereocenters. The molecule has 0 aliphatic rings. The summed E-state index contributed by atoms with van der Waals surface area (Å²) in [5.74, 6) is -2.99. The summed E-state index contributed by atoms with van der Waals surface area (Å²) in [4.78, 5) is 10.8. The Bertz CT molecular complexity index is 409. The molecule has 0 amide bonds. The lowest BCUT2D eigenvalue weighted by Gasteiger charge is -2.05. The van der Waals surface area contributed by atoms with Gasteiger partial charge < -0.3 is 0 Å². The normalized spacial score (nSPS) is 13.5. The first-order valence-corrected chi connectivity index (χ1v) is 5.67. The fraction of sp³-hybridized carbons (Fsp3) is 0.300. The Morgan fingerprint density at radius 3 is 2.19 bits per heavy atom. The number of ketones is 1. The summed E-state index contributed by atoms with van der Waals surface area (Å²) in [5.41, 5.74) is 0.905. The maximum absolute atomic E-state index is 11.9. The van der Waals surface area contributed by atoms with E-state index in [1.807, 2.05) is 0 Å². The minimum atomic E-state index is -4.92. The van der Waals surface area contributed by atoms with E-state index in [1.165, 1.54) is 12.1 Å². The van der Waals surface area contributed by atoms with E-state index in [0.29, 0.717) is 0 Å². The summed E-state index contributed by atoms with van der Waals surface area (Å²) in [5, 5.41) is 0. The van der Waals surface area contributed by atoms with Crippen molar-refractivity contribution in [1.29, 1.82) is 0 Å². The van der Waals surface area contributed by atoms with Crippen molar-refractivity contribution in [2.24, 2.45) is 0 Å². The minimum Gasteiger partial charge on any atom is -0.289 e. The second kappa shape index (κ2) is 4.78. The van der Waals surface area contributed by atoms with E-state index in [2.05, 4.69) is 0 Å². The fourth-order valence-corrected chi connectivity index (χ4v) is 1.98. The first-order chi connectivity index (χ1) is 7.30. The maximum atomic E-state index is 11.9. The molecule has 0 radical (unpaired) electrons. The van der Waals surface area contributed by atoms with Crippen LogP contribution in [0.5, 0.6) is 0 Å². The highest BCUT2D eigenvalue weighted by molar-refractivity contribution is 7.85. The summed E-state index contributed by atoms with van der Waals surface area (Å²) in [6, 6.07) is 6.17. The van der Waals surface area contributed by atoms with Crippen LogP contribution in [0.4, 0.5) is 13.2 Å². The minimum absolute atomic E-state index is 0.225. The number of Topliss-reactive ketones (excluding diaryl/α,β-unsaturated/α-hetero) is 1. The van der Waals surface area contributed by atoms with Crippen LogP contribution >= 0.6 is 0 Å². The zero-order chi connectivity index (χ0) is 12.3.